The van der Waals surface area contributed by atoms with Gasteiger partial charge in [-0.3, -0.25) is 9.52 Å². The summed E-state index contributed by atoms with van der Waals surface area (Å²) in [5, 5.41) is 3.00. The van der Waals surface area contributed by atoms with Crippen LogP contribution in [0.15, 0.2) is 59.5 Å². The number of sulfonamides is 1. The fourth-order valence-corrected chi connectivity index (χ4v) is 5.20. The summed E-state index contributed by atoms with van der Waals surface area (Å²) in [6.45, 7) is 9.80. The van der Waals surface area contributed by atoms with Crippen LogP contribution >= 0.6 is 11.6 Å². The molecular formula is C25H27ClN2O3S. The fourth-order valence-electron chi connectivity index (χ4n) is 3.54. The molecule has 0 saturated carbocycles. The van der Waals surface area contributed by atoms with Crippen LogP contribution in [0.1, 0.15) is 51.1 Å². The van der Waals surface area contributed by atoms with Gasteiger partial charge in [-0.25, -0.2) is 8.42 Å². The maximum atomic E-state index is 13.0. The van der Waals surface area contributed by atoms with Crippen molar-refractivity contribution in [1.29, 1.82) is 0 Å². The Bertz CT molecular complexity index is 1290. The molecule has 0 spiro atoms. The second-order valence-corrected chi connectivity index (χ2v) is 10.1. The van der Waals surface area contributed by atoms with Crippen molar-refractivity contribution in [2.75, 3.05) is 4.72 Å². The second-order valence-electron chi connectivity index (χ2n) is 8.05. The van der Waals surface area contributed by atoms with E-state index in [0.717, 1.165) is 22.3 Å². The van der Waals surface area contributed by atoms with E-state index in [1.807, 2.05) is 26.8 Å². The lowest BCUT2D eigenvalue weighted by molar-refractivity contribution is 0.0939. The van der Waals surface area contributed by atoms with E-state index in [1.54, 1.807) is 25.1 Å². The minimum atomic E-state index is -3.98. The van der Waals surface area contributed by atoms with Crippen LogP contribution in [0.5, 0.6) is 0 Å². The Hall–Kier alpha value is -2.83. The minimum absolute atomic E-state index is 0.0423. The zero-order chi connectivity index (χ0) is 23.6. The highest BCUT2D eigenvalue weighted by Gasteiger charge is 2.22. The molecule has 3 rings (SSSR count). The molecule has 1 atom stereocenters. The predicted molar refractivity (Wildman–Crippen MR) is 130 cm³/mol. The number of benzene rings is 3. The first-order valence-electron chi connectivity index (χ1n) is 10.3. The lowest BCUT2D eigenvalue weighted by Crippen LogP contribution is -2.27. The third kappa shape index (κ3) is 5.14. The monoisotopic (exact) mass is 470 g/mol. The molecule has 3 aromatic rings. The lowest BCUT2D eigenvalue weighted by atomic mass is 9.96. The smallest absolute Gasteiger partial charge is 0.263 e. The van der Waals surface area contributed by atoms with Gasteiger partial charge in [-0.2, -0.15) is 0 Å². The van der Waals surface area contributed by atoms with E-state index in [4.69, 9.17) is 11.6 Å². The molecule has 32 heavy (non-hydrogen) atoms. The Morgan fingerprint density at radius 2 is 1.53 bits per heavy atom. The van der Waals surface area contributed by atoms with Gasteiger partial charge in [-0.05, 0) is 86.7 Å². The molecule has 5 nitrogen and oxygen atoms in total. The van der Waals surface area contributed by atoms with E-state index >= 15 is 0 Å². The van der Waals surface area contributed by atoms with E-state index in [9.17, 15) is 13.2 Å². The average Bonchev–Trinajstić information content (AvgIpc) is 2.72. The molecule has 1 unspecified atom stereocenters. The number of amides is 1. The molecular weight excluding hydrogens is 444 g/mol. The maximum absolute atomic E-state index is 13.0. The van der Waals surface area contributed by atoms with Crippen molar-refractivity contribution in [3.63, 3.8) is 0 Å². The number of aryl methyl sites for hydroxylation is 4. The molecule has 0 fully saturated rings. The molecule has 3 aromatic carbocycles. The molecule has 0 aliphatic carbocycles. The number of nitrogens with one attached hydrogen (secondary N) is 2. The van der Waals surface area contributed by atoms with Crippen molar-refractivity contribution in [2.24, 2.45) is 0 Å². The predicted octanol–water partition coefficient (Wildman–Crippen LogP) is 5.87. The van der Waals surface area contributed by atoms with Crippen LogP contribution in [0, 0.1) is 27.7 Å². The second kappa shape index (κ2) is 9.35. The van der Waals surface area contributed by atoms with Gasteiger partial charge in [-0.1, -0.05) is 41.9 Å². The van der Waals surface area contributed by atoms with Crippen molar-refractivity contribution in [2.45, 2.75) is 45.6 Å². The summed E-state index contributed by atoms with van der Waals surface area (Å²) in [6, 6.07) is 15.2. The molecule has 0 bridgehead atoms. The van der Waals surface area contributed by atoms with Crippen LogP contribution < -0.4 is 10.0 Å². The number of carbonyl (C=O) groups excluding carboxylic acids is 1. The Balaban J connectivity index is 1.87. The third-order valence-electron chi connectivity index (χ3n) is 5.57. The van der Waals surface area contributed by atoms with Crippen LogP contribution in [0.4, 0.5) is 5.69 Å². The summed E-state index contributed by atoms with van der Waals surface area (Å²) in [4.78, 5) is 12.8. The molecule has 7 heteroatoms. The third-order valence-corrected chi connectivity index (χ3v) is 7.42. The number of halogens is 1. The number of rotatable bonds is 6. The zero-order valence-corrected chi connectivity index (χ0v) is 20.4. The Kier molecular flexibility index (Phi) is 6.96. The Morgan fingerprint density at radius 1 is 0.875 bits per heavy atom. The van der Waals surface area contributed by atoms with Gasteiger partial charge < -0.3 is 5.32 Å². The number of carbonyl (C=O) groups is 1. The summed E-state index contributed by atoms with van der Waals surface area (Å²) in [6.07, 6.45) is 0. The van der Waals surface area contributed by atoms with Crippen LogP contribution in [0.3, 0.4) is 0 Å². The Morgan fingerprint density at radius 3 is 2.22 bits per heavy atom. The van der Waals surface area contributed by atoms with Gasteiger partial charge in [0.25, 0.3) is 15.9 Å². The van der Waals surface area contributed by atoms with Gasteiger partial charge in [0.05, 0.1) is 16.8 Å². The van der Waals surface area contributed by atoms with Crippen LogP contribution in [0.25, 0.3) is 0 Å². The summed E-state index contributed by atoms with van der Waals surface area (Å²) in [5.74, 6) is -0.376. The molecule has 0 aromatic heterocycles. The first-order chi connectivity index (χ1) is 15.0. The van der Waals surface area contributed by atoms with Gasteiger partial charge in [0.15, 0.2) is 0 Å². The van der Waals surface area contributed by atoms with E-state index in [-0.39, 0.29) is 27.4 Å². The van der Waals surface area contributed by atoms with E-state index in [0.29, 0.717) is 5.69 Å². The highest BCUT2D eigenvalue weighted by molar-refractivity contribution is 7.92. The highest BCUT2D eigenvalue weighted by Crippen LogP contribution is 2.27. The van der Waals surface area contributed by atoms with E-state index < -0.39 is 10.0 Å². The van der Waals surface area contributed by atoms with Gasteiger partial charge in [0, 0.05) is 5.56 Å². The van der Waals surface area contributed by atoms with Crippen molar-refractivity contribution in [3.8, 4) is 0 Å². The van der Waals surface area contributed by atoms with Gasteiger partial charge in [-0.15, -0.1) is 0 Å². The SMILES string of the molecule is Cc1cc(C)c(C(C)NC(=O)c2ccc(Cl)c(S(=O)(=O)Nc3ccccc3C)c2)cc1C. The fraction of sp³-hybridized carbons (Fsp3) is 0.240. The molecule has 0 aliphatic heterocycles. The molecule has 0 saturated heterocycles. The topological polar surface area (TPSA) is 75.3 Å². The number of hydrogen-bond donors (Lipinski definition) is 2. The maximum Gasteiger partial charge on any atom is 0.263 e. The summed E-state index contributed by atoms with van der Waals surface area (Å²) < 4.78 is 28.5. The van der Waals surface area contributed by atoms with Crippen molar-refractivity contribution < 1.29 is 13.2 Å². The quantitative estimate of drug-likeness (QED) is 0.473. The normalized spacial score (nSPS) is 12.3. The first-order valence-corrected chi connectivity index (χ1v) is 12.1. The zero-order valence-electron chi connectivity index (χ0n) is 18.8. The summed E-state index contributed by atoms with van der Waals surface area (Å²) in [5.41, 5.74) is 5.89. The average molecular weight is 471 g/mol. The van der Waals surface area contributed by atoms with Crippen LogP contribution in [0.2, 0.25) is 5.02 Å². The lowest BCUT2D eigenvalue weighted by Gasteiger charge is -2.19. The molecule has 2 N–H and O–H groups in total. The molecule has 0 aliphatic rings. The van der Waals surface area contributed by atoms with Gasteiger partial charge in [0.1, 0.15) is 4.90 Å². The summed E-state index contributed by atoms with van der Waals surface area (Å²) in [7, 11) is -3.98. The standard InChI is InChI=1S/C25H27ClN2O3S/c1-15-8-6-7-9-23(15)28-32(30,31)24-14-20(10-11-22(24)26)25(29)27-19(5)21-13-17(3)16(2)12-18(21)4/h6-14,19,28H,1-5H3,(H,27,29). The van der Waals surface area contributed by atoms with E-state index in [1.165, 1.54) is 23.8 Å². The Labute approximate surface area is 194 Å². The number of para-hydroxylation sites is 1. The molecule has 0 radical (unpaired) electrons. The number of hydrogen-bond acceptors (Lipinski definition) is 3. The summed E-state index contributed by atoms with van der Waals surface area (Å²) >= 11 is 6.20. The van der Waals surface area contributed by atoms with E-state index in [2.05, 4.69) is 29.1 Å². The van der Waals surface area contributed by atoms with Crippen LogP contribution in [-0.4, -0.2) is 14.3 Å². The minimum Gasteiger partial charge on any atom is -0.346 e. The highest BCUT2D eigenvalue weighted by atomic mass is 35.5. The molecule has 1 amide bonds. The van der Waals surface area contributed by atoms with Crippen LogP contribution in [-0.2, 0) is 10.0 Å². The van der Waals surface area contributed by atoms with Gasteiger partial charge >= 0.3 is 0 Å². The first kappa shape index (κ1) is 23.8. The van der Waals surface area contributed by atoms with Gasteiger partial charge in [0.2, 0.25) is 0 Å². The van der Waals surface area contributed by atoms with Crippen molar-refractivity contribution >= 4 is 33.2 Å². The number of anilines is 1. The molecule has 0 heterocycles. The molecule has 168 valence electrons. The largest absolute Gasteiger partial charge is 0.346 e. The van der Waals surface area contributed by atoms with Crippen molar-refractivity contribution in [3.05, 3.63) is 93.0 Å². The van der Waals surface area contributed by atoms with Crippen molar-refractivity contribution in [1.82, 2.24) is 5.32 Å².